The molecule has 7 heteroatoms. The summed E-state index contributed by atoms with van der Waals surface area (Å²) in [7, 11) is 0. The second-order valence-corrected chi connectivity index (χ2v) is 5.73. The molecule has 1 fully saturated rings. The van der Waals surface area contributed by atoms with E-state index in [4.69, 9.17) is 11.6 Å². The summed E-state index contributed by atoms with van der Waals surface area (Å²) in [6, 6.07) is -0.333. The predicted octanol–water partition coefficient (Wildman–Crippen LogP) is 2.71. The zero-order chi connectivity index (χ0) is 13.8. The molecule has 1 aromatic rings. The van der Waals surface area contributed by atoms with Crippen molar-refractivity contribution < 1.29 is 4.79 Å². The molecule has 1 aliphatic rings. The summed E-state index contributed by atoms with van der Waals surface area (Å²) in [6.07, 6.45) is 4.75. The largest absolute Gasteiger partial charge is 0.358 e. The quantitative estimate of drug-likeness (QED) is 0.854. The molecule has 19 heavy (non-hydrogen) atoms. The number of hydrogen-bond donors (Lipinski definition) is 1. The molecule has 1 saturated heterocycles. The van der Waals surface area contributed by atoms with Gasteiger partial charge in [0.1, 0.15) is 23.3 Å². The Morgan fingerprint density at radius 2 is 2.11 bits per heavy atom. The minimum Gasteiger partial charge on any atom is -0.358 e. The van der Waals surface area contributed by atoms with Crippen molar-refractivity contribution >= 4 is 39.3 Å². The fourth-order valence-corrected chi connectivity index (χ4v) is 2.56. The molecule has 2 rings (SSSR count). The summed E-state index contributed by atoms with van der Waals surface area (Å²) in [5, 5.41) is 3.40. The fourth-order valence-electron chi connectivity index (χ4n) is 2.10. The van der Waals surface area contributed by atoms with E-state index in [1.54, 1.807) is 0 Å². The summed E-state index contributed by atoms with van der Waals surface area (Å²) in [5.74, 6) is 0.638. The number of amides is 1. The van der Waals surface area contributed by atoms with Crippen LogP contribution in [0.25, 0.3) is 0 Å². The second kappa shape index (κ2) is 6.52. The van der Waals surface area contributed by atoms with E-state index in [2.05, 4.69) is 31.2 Å². The van der Waals surface area contributed by atoms with Crippen LogP contribution in [0.3, 0.4) is 0 Å². The molecule has 0 saturated carbocycles. The van der Waals surface area contributed by atoms with E-state index in [0.29, 0.717) is 15.4 Å². The van der Waals surface area contributed by atoms with Gasteiger partial charge in [0.15, 0.2) is 0 Å². The lowest BCUT2D eigenvalue weighted by molar-refractivity contribution is -0.132. The van der Waals surface area contributed by atoms with Gasteiger partial charge in [-0.3, -0.25) is 4.79 Å². The third-order valence-electron chi connectivity index (χ3n) is 3.14. The average Bonchev–Trinajstić information content (AvgIpc) is 2.44. The normalized spacial score (nSPS) is 17.1. The lowest BCUT2D eigenvalue weighted by Crippen LogP contribution is -2.44. The van der Waals surface area contributed by atoms with Gasteiger partial charge in [-0.05, 0) is 42.1 Å². The number of likely N-dealkylation sites (tertiary alicyclic amines) is 1. The standard InChI is InChI=1S/C12H16BrClN4O/c1-8(12(19)18-5-3-2-4-6-18)17-11-9(13)10(14)15-7-16-11/h7-8H,2-6H2,1H3,(H,15,16,17). The van der Waals surface area contributed by atoms with Crippen molar-refractivity contribution in [3.05, 3.63) is 16.0 Å². The van der Waals surface area contributed by atoms with Crippen molar-refractivity contribution in [2.75, 3.05) is 18.4 Å². The van der Waals surface area contributed by atoms with Gasteiger partial charge in [-0.15, -0.1) is 0 Å². The van der Waals surface area contributed by atoms with E-state index in [1.807, 2.05) is 11.8 Å². The molecular formula is C12H16BrClN4O. The number of hydrogen-bond acceptors (Lipinski definition) is 4. The first kappa shape index (κ1) is 14.5. The van der Waals surface area contributed by atoms with E-state index in [0.717, 1.165) is 25.9 Å². The summed E-state index contributed by atoms with van der Waals surface area (Å²) < 4.78 is 0.579. The Labute approximate surface area is 125 Å². The molecule has 1 aromatic heterocycles. The van der Waals surface area contributed by atoms with Crippen molar-refractivity contribution in [1.29, 1.82) is 0 Å². The van der Waals surface area contributed by atoms with Gasteiger partial charge in [-0.1, -0.05) is 11.6 Å². The van der Waals surface area contributed by atoms with Gasteiger partial charge in [0.05, 0.1) is 4.47 Å². The van der Waals surface area contributed by atoms with Gasteiger partial charge < -0.3 is 10.2 Å². The molecule has 0 spiro atoms. The van der Waals surface area contributed by atoms with Crippen molar-refractivity contribution in [3.63, 3.8) is 0 Å². The van der Waals surface area contributed by atoms with Crippen LogP contribution in [-0.4, -0.2) is 39.9 Å². The van der Waals surface area contributed by atoms with E-state index in [1.165, 1.54) is 12.7 Å². The van der Waals surface area contributed by atoms with E-state index >= 15 is 0 Å². The summed E-state index contributed by atoms with van der Waals surface area (Å²) in [5.41, 5.74) is 0. The Morgan fingerprint density at radius 1 is 1.42 bits per heavy atom. The monoisotopic (exact) mass is 346 g/mol. The third kappa shape index (κ3) is 3.57. The number of carbonyl (C=O) groups excluding carboxylic acids is 1. The highest BCUT2D eigenvalue weighted by Crippen LogP contribution is 2.26. The number of nitrogens with one attached hydrogen (secondary N) is 1. The molecule has 2 heterocycles. The molecule has 0 radical (unpaired) electrons. The maximum atomic E-state index is 12.3. The molecule has 0 aromatic carbocycles. The number of piperidine rings is 1. The van der Waals surface area contributed by atoms with Crippen molar-refractivity contribution in [1.82, 2.24) is 14.9 Å². The number of halogens is 2. The molecule has 1 unspecified atom stereocenters. The van der Waals surface area contributed by atoms with E-state index < -0.39 is 0 Å². The van der Waals surface area contributed by atoms with Crippen LogP contribution in [0.2, 0.25) is 5.15 Å². The Balaban J connectivity index is 2.01. The van der Waals surface area contributed by atoms with Crippen molar-refractivity contribution in [2.45, 2.75) is 32.2 Å². The van der Waals surface area contributed by atoms with Gasteiger partial charge in [0.2, 0.25) is 5.91 Å². The number of nitrogens with zero attached hydrogens (tertiary/aromatic N) is 3. The van der Waals surface area contributed by atoms with Crippen LogP contribution in [0.15, 0.2) is 10.8 Å². The van der Waals surface area contributed by atoms with Crippen LogP contribution in [0.1, 0.15) is 26.2 Å². The van der Waals surface area contributed by atoms with Gasteiger partial charge in [-0.25, -0.2) is 9.97 Å². The van der Waals surface area contributed by atoms with Crippen LogP contribution < -0.4 is 5.32 Å². The maximum absolute atomic E-state index is 12.3. The first-order chi connectivity index (χ1) is 9.09. The first-order valence-corrected chi connectivity index (χ1v) is 7.48. The van der Waals surface area contributed by atoms with Crippen molar-refractivity contribution in [3.8, 4) is 0 Å². The summed E-state index contributed by atoms with van der Waals surface area (Å²) >= 11 is 9.20. The van der Waals surface area contributed by atoms with Crippen LogP contribution in [0.4, 0.5) is 5.82 Å². The van der Waals surface area contributed by atoms with Gasteiger partial charge in [0.25, 0.3) is 0 Å². The average molecular weight is 348 g/mol. The Bertz CT molecular complexity index is 465. The Hall–Kier alpha value is -0.880. The van der Waals surface area contributed by atoms with Crippen LogP contribution in [0, 0.1) is 0 Å². The summed E-state index contributed by atoms with van der Waals surface area (Å²) in [4.78, 5) is 22.1. The molecule has 1 amide bonds. The van der Waals surface area contributed by atoms with Gasteiger partial charge in [0, 0.05) is 13.1 Å². The number of rotatable bonds is 3. The lowest BCUT2D eigenvalue weighted by Gasteiger charge is -2.29. The minimum absolute atomic E-state index is 0.0985. The lowest BCUT2D eigenvalue weighted by atomic mass is 10.1. The van der Waals surface area contributed by atoms with Crippen LogP contribution in [0.5, 0.6) is 0 Å². The smallest absolute Gasteiger partial charge is 0.244 e. The molecule has 1 N–H and O–H groups in total. The van der Waals surface area contributed by atoms with E-state index in [9.17, 15) is 4.79 Å². The van der Waals surface area contributed by atoms with Crippen LogP contribution in [-0.2, 0) is 4.79 Å². The number of carbonyl (C=O) groups is 1. The Morgan fingerprint density at radius 3 is 2.79 bits per heavy atom. The molecule has 1 aliphatic heterocycles. The zero-order valence-electron chi connectivity index (χ0n) is 10.7. The minimum atomic E-state index is -0.333. The highest BCUT2D eigenvalue weighted by atomic mass is 79.9. The zero-order valence-corrected chi connectivity index (χ0v) is 13.0. The molecular weight excluding hydrogens is 332 g/mol. The highest BCUT2D eigenvalue weighted by molar-refractivity contribution is 9.10. The van der Waals surface area contributed by atoms with Crippen molar-refractivity contribution in [2.24, 2.45) is 0 Å². The maximum Gasteiger partial charge on any atom is 0.244 e. The topological polar surface area (TPSA) is 58.1 Å². The third-order valence-corrected chi connectivity index (χ3v) is 4.40. The first-order valence-electron chi connectivity index (χ1n) is 6.31. The molecule has 104 valence electrons. The Kier molecular flexibility index (Phi) is 4.99. The molecule has 0 bridgehead atoms. The van der Waals surface area contributed by atoms with Gasteiger partial charge >= 0.3 is 0 Å². The van der Waals surface area contributed by atoms with Gasteiger partial charge in [-0.2, -0.15) is 0 Å². The molecule has 5 nitrogen and oxygen atoms in total. The fraction of sp³-hybridized carbons (Fsp3) is 0.583. The second-order valence-electron chi connectivity index (χ2n) is 4.58. The molecule has 1 atom stereocenters. The number of anilines is 1. The number of aromatic nitrogens is 2. The van der Waals surface area contributed by atoms with Crippen LogP contribution >= 0.6 is 27.5 Å². The predicted molar refractivity (Wildman–Crippen MR) is 78.3 cm³/mol. The summed E-state index contributed by atoms with van der Waals surface area (Å²) in [6.45, 7) is 3.52. The SMILES string of the molecule is CC(Nc1ncnc(Cl)c1Br)C(=O)N1CCCCC1. The molecule has 0 aliphatic carbocycles. The van der Waals surface area contributed by atoms with E-state index in [-0.39, 0.29) is 11.9 Å². The highest BCUT2D eigenvalue weighted by Gasteiger charge is 2.23.